The maximum atomic E-state index is 8.83. The monoisotopic (exact) mass is 187 g/mol. The van der Waals surface area contributed by atoms with Gasteiger partial charge in [-0.15, -0.1) is 0 Å². The van der Waals surface area contributed by atoms with Crippen molar-refractivity contribution in [2.75, 3.05) is 6.61 Å². The molecule has 0 saturated heterocycles. The number of hydrogen-bond donors (Lipinski definition) is 0. The normalized spacial score (nSPS) is 15.1. The van der Waals surface area contributed by atoms with Crippen LogP contribution in [0.3, 0.4) is 0 Å². The number of nitrogens with zero attached hydrogens (tertiary/aromatic N) is 1. The molecule has 0 unspecified atom stereocenters. The molecular weight excluding hydrogens is 174 g/mol. The predicted octanol–water partition coefficient (Wildman–Crippen LogP) is 2.48. The minimum absolute atomic E-state index is 0.570. The molecule has 1 aliphatic rings. The summed E-state index contributed by atoms with van der Waals surface area (Å²) >= 11 is 0. The molecule has 0 radical (unpaired) electrons. The summed E-state index contributed by atoms with van der Waals surface area (Å²) in [5, 5.41) is 8.83. The number of nitriles is 1. The zero-order valence-corrected chi connectivity index (χ0v) is 8.07. The summed E-state index contributed by atoms with van der Waals surface area (Å²) in [5.74, 6) is 0.782. The van der Waals surface area contributed by atoms with Crippen LogP contribution in [0, 0.1) is 17.2 Å². The van der Waals surface area contributed by atoms with Crippen molar-refractivity contribution in [1.82, 2.24) is 0 Å². The zero-order chi connectivity index (χ0) is 9.80. The number of ether oxygens (including phenoxy) is 1. The van der Waals surface area contributed by atoms with Gasteiger partial charge in [-0.3, -0.25) is 0 Å². The number of hydrogen-bond acceptors (Lipinski definition) is 2. The fourth-order valence-corrected chi connectivity index (χ4v) is 1.38. The molecule has 2 rings (SSSR count). The molecule has 0 N–H and O–H groups in total. The van der Waals surface area contributed by atoms with Crippen molar-refractivity contribution in [3.05, 3.63) is 35.4 Å². The highest BCUT2D eigenvalue weighted by Gasteiger charge is 2.21. The van der Waals surface area contributed by atoms with Crippen molar-refractivity contribution in [3.8, 4) is 6.07 Å². The summed E-state index contributed by atoms with van der Waals surface area (Å²) in [7, 11) is 0. The Morgan fingerprint density at radius 2 is 2.14 bits per heavy atom. The highest BCUT2D eigenvalue weighted by Crippen LogP contribution is 2.29. The third kappa shape index (κ3) is 2.34. The second kappa shape index (κ2) is 4.26. The third-order valence-electron chi connectivity index (χ3n) is 2.45. The van der Waals surface area contributed by atoms with Crippen LogP contribution in [0.2, 0.25) is 0 Å². The lowest BCUT2D eigenvalue weighted by atomic mass is 10.1. The van der Waals surface area contributed by atoms with Gasteiger partial charge >= 0.3 is 0 Å². The van der Waals surface area contributed by atoms with Crippen molar-refractivity contribution >= 4 is 0 Å². The first kappa shape index (κ1) is 9.23. The fourth-order valence-electron chi connectivity index (χ4n) is 1.38. The highest BCUT2D eigenvalue weighted by molar-refractivity contribution is 5.36. The Bertz CT molecular complexity index is 350. The van der Waals surface area contributed by atoms with Gasteiger partial charge in [0.15, 0.2) is 0 Å². The Hall–Kier alpha value is -1.33. The summed E-state index contributed by atoms with van der Waals surface area (Å²) < 4.78 is 5.54. The molecule has 0 bridgehead atoms. The van der Waals surface area contributed by atoms with Gasteiger partial charge in [-0.1, -0.05) is 18.2 Å². The standard InChI is InChI=1S/C12H13NO/c13-7-11-3-1-2-4-12(11)9-14-8-10-5-6-10/h1-4,10H,5-6,8-9H2. The fraction of sp³-hybridized carbons (Fsp3) is 0.417. The molecule has 14 heavy (non-hydrogen) atoms. The maximum Gasteiger partial charge on any atom is 0.0995 e. The van der Waals surface area contributed by atoms with Crippen molar-refractivity contribution in [3.63, 3.8) is 0 Å². The van der Waals surface area contributed by atoms with Crippen LogP contribution in [-0.2, 0) is 11.3 Å². The van der Waals surface area contributed by atoms with Crippen LogP contribution >= 0.6 is 0 Å². The van der Waals surface area contributed by atoms with Gasteiger partial charge in [0.25, 0.3) is 0 Å². The van der Waals surface area contributed by atoms with Gasteiger partial charge in [-0.2, -0.15) is 5.26 Å². The van der Waals surface area contributed by atoms with Crippen molar-refractivity contribution in [1.29, 1.82) is 5.26 Å². The summed E-state index contributed by atoms with van der Waals surface area (Å²) in [6.45, 7) is 1.42. The van der Waals surface area contributed by atoms with Crippen LogP contribution in [0.4, 0.5) is 0 Å². The van der Waals surface area contributed by atoms with Crippen LogP contribution in [0.25, 0.3) is 0 Å². The maximum absolute atomic E-state index is 8.83. The second-order valence-electron chi connectivity index (χ2n) is 3.73. The molecule has 0 aliphatic heterocycles. The van der Waals surface area contributed by atoms with Gasteiger partial charge in [-0.25, -0.2) is 0 Å². The first-order valence-electron chi connectivity index (χ1n) is 4.96. The van der Waals surface area contributed by atoms with E-state index in [0.717, 1.165) is 23.7 Å². The first-order valence-corrected chi connectivity index (χ1v) is 4.96. The smallest absolute Gasteiger partial charge is 0.0995 e. The van der Waals surface area contributed by atoms with E-state index in [1.54, 1.807) is 0 Å². The van der Waals surface area contributed by atoms with Crippen LogP contribution in [-0.4, -0.2) is 6.61 Å². The summed E-state index contributed by atoms with van der Waals surface area (Å²) in [5.41, 5.74) is 1.72. The molecular formula is C12H13NO. The van der Waals surface area contributed by atoms with E-state index in [1.807, 2.05) is 24.3 Å². The summed E-state index contributed by atoms with van der Waals surface area (Å²) in [4.78, 5) is 0. The van der Waals surface area contributed by atoms with Crippen LogP contribution in [0.1, 0.15) is 24.0 Å². The molecule has 0 atom stereocenters. The largest absolute Gasteiger partial charge is 0.376 e. The molecule has 0 spiro atoms. The molecule has 1 saturated carbocycles. The van der Waals surface area contributed by atoms with E-state index in [-0.39, 0.29) is 0 Å². The van der Waals surface area contributed by atoms with E-state index in [2.05, 4.69) is 6.07 Å². The second-order valence-corrected chi connectivity index (χ2v) is 3.73. The minimum Gasteiger partial charge on any atom is -0.376 e. The molecule has 72 valence electrons. The molecule has 2 heteroatoms. The van der Waals surface area contributed by atoms with Gasteiger partial charge in [0, 0.05) is 6.61 Å². The average Bonchev–Trinajstić information content (AvgIpc) is 3.03. The van der Waals surface area contributed by atoms with Crippen LogP contribution in [0.15, 0.2) is 24.3 Å². The Labute approximate surface area is 84.1 Å². The molecule has 0 amide bonds. The number of rotatable bonds is 4. The molecule has 1 aromatic carbocycles. The lowest BCUT2D eigenvalue weighted by molar-refractivity contribution is 0.111. The van der Waals surface area contributed by atoms with Crippen LogP contribution < -0.4 is 0 Å². The average molecular weight is 187 g/mol. The molecule has 2 nitrogen and oxygen atoms in total. The Balaban J connectivity index is 1.90. The molecule has 0 heterocycles. The van der Waals surface area contributed by atoms with Gasteiger partial charge in [-0.05, 0) is 30.4 Å². The number of benzene rings is 1. The van der Waals surface area contributed by atoms with Crippen molar-refractivity contribution in [2.24, 2.45) is 5.92 Å². The predicted molar refractivity (Wildman–Crippen MR) is 53.5 cm³/mol. The summed E-state index contributed by atoms with van der Waals surface area (Å²) in [6.07, 6.45) is 2.61. The molecule has 1 aromatic rings. The molecule has 0 aromatic heterocycles. The van der Waals surface area contributed by atoms with E-state index in [1.165, 1.54) is 12.8 Å². The Morgan fingerprint density at radius 1 is 1.36 bits per heavy atom. The minimum atomic E-state index is 0.570. The first-order chi connectivity index (χ1) is 6.90. The van der Waals surface area contributed by atoms with Crippen molar-refractivity contribution in [2.45, 2.75) is 19.4 Å². The Kier molecular flexibility index (Phi) is 2.81. The highest BCUT2D eigenvalue weighted by atomic mass is 16.5. The topological polar surface area (TPSA) is 33.0 Å². The van der Waals surface area contributed by atoms with Gasteiger partial charge in [0.05, 0.1) is 18.2 Å². The van der Waals surface area contributed by atoms with E-state index in [9.17, 15) is 0 Å². The van der Waals surface area contributed by atoms with Gasteiger partial charge in [0.1, 0.15) is 0 Å². The lowest BCUT2D eigenvalue weighted by Crippen LogP contribution is -1.98. The van der Waals surface area contributed by atoms with E-state index < -0.39 is 0 Å². The zero-order valence-electron chi connectivity index (χ0n) is 8.07. The van der Waals surface area contributed by atoms with E-state index >= 15 is 0 Å². The van der Waals surface area contributed by atoms with Crippen molar-refractivity contribution < 1.29 is 4.74 Å². The lowest BCUT2D eigenvalue weighted by Gasteiger charge is -2.04. The third-order valence-corrected chi connectivity index (χ3v) is 2.45. The summed E-state index contributed by atoms with van der Waals surface area (Å²) in [6, 6.07) is 9.77. The van der Waals surface area contributed by atoms with E-state index in [4.69, 9.17) is 10.00 Å². The van der Waals surface area contributed by atoms with Gasteiger partial charge in [0.2, 0.25) is 0 Å². The van der Waals surface area contributed by atoms with Gasteiger partial charge < -0.3 is 4.74 Å². The van der Waals surface area contributed by atoms with E-state index in [0.29, 0.717) is 6.61 Å². The SMILES string of the molecule is N#Cc1ccccc1COCC1CC1. The quantitative estimate of drug-likeness (QED) is 0.725. The molecule has 1 aliphatic carbocycles. The molecule has 1 fully saturated rings. The Morgan fingerprint density at radius 3 is 2.86 bits per heavy atom. The van der Waals surface area contributed by atoms with Crippen LogP contribution in [0.5, 0.6) is 0 Å².